The zero-order chi connectivity index (χ0) is 14.6. The summed E-state index contributed by atoms with van der Waals surface area (Å²) >= 11 is 0. The quantitative estimate of drug-likeness (QED) is 0.226. The smallest absolute Gasteiger partial charge is 0.759 e. The van der Waals surface area contributed by atoms with Gasteiger partial charge < -0.3 is 13.8 Å². The van der Waals surface area contributed by atoms with Gasteiger partial charge in [0.2, 0.25) is 0 Å². The minimum atomic E-state index is -5.17. The summed E-state index contributed by atoms with van der Waals surface area (Å²) in [6, 6.07) is 10.0. The van der Waals surface area contributed by atoms with Gasteiger partial charge in [-0.3, -0.25) is 8.42 Å². The molecule has 5 nitrogen and oxygen atoms in total. The summed E-state index contributed by atoms with van der Waals surface area (Å²) in [5.74, 6) is 0.989. The van der Waals surface area contributed by atoms with Crippen LogP contribution in [0.3, 0.4) is 0 Å². The Hall–Kier alpha value is 0.890. The molecule has 0 aliphatic carbocycles. The van der Waals surface area contributed by atoms with Gasteiger partial charge in [0.1, 0.15) is 5.75 Å². The maximum Gasteiger partial charge on any atom is 1.00 e. The SMILES string of the molecule is CCCCCCCOc1ccccc1.O=S(=O)([O-])[O-].[Na+].[Na+]. The summed E-state index contributed by atoms with van der Waals surface area (Å²) in [7, 11) is -5.17. The number of unbranched alkanes of at least 4 members (excludes halogenated alkanes) is 4. The Bertz CT molecular complexity index is 404. The van der Waals surface area contributed by atoms with E-state index >= 15 is 0 Å². The Morgan fingerprint density at radius 1 is 0.952 bits per heavy atom. The van der Waals surface area contributed by atoms with Crippen molar-refractivity contribution in [3.63, 3.8) is 0 Å². The molecule has 8 heteroatoms. The topological polar surface area (TPSA) is 89.5 Å². The third-order valence-corrected chi connectivity index (χ3v) is 2.26. The van der Waals surface area contributed by atoms with Gasteiger partial charge >= 0.3 is 59.1 Å². The number of hydrogen-bond acceptors (Lipinski definition) is 5. The van der Waals surface area contributed by atoms with Gasteiger partial charge in [0.05, 0.1) is 6.61 Å². The largest absolute Gasteiger partial charge is 1.00 e. The molecule has 1 aromatic carbocycles. The van der Waals surface area contributed by atoms with E-state index in [2.05, 4.69) is 6.92 Å². The van der Waals surface area contributed by atoms with Gasteiger partial charge in [-0.05, 0) is 18.6 Å². The molecule has 1 rings (SSSR count). The van der Waals surface area contributed by atoms with Crippen molar-refractivity contribution in [2.75, 3.05) is 6.61 Å². The van der Waals surface area contributed by atoms with Gasteiger partial charge in [0.25, 0.3) is 0 Å². The van der Waals surface area contributed by atoms with Gasteiger partial charge in [-0.15, -0.1) is 0 Å². The molecule has 110 valence electrons. The molecule has 0 radical (unpaired) electrons. The second kappa shape index (κ2) is 17.2. The fourth-order valence-electron chi connectivity index (χ4n) is 1.41. The molecule has 0 spiro atoms. The molecule has 0 saturated heterocycles. The molecule has 0 N–H and O–H groups in total. The zero-order valence-electron chi connectivity index (χ0n) is 13.1. The van der Waals surface area contributed by atoms with Gasteiger partial charge in [0.15, 0.2) is 0 Å². The Morgan fingerprint density at radius 2 is 1.43 bits per heavy atom. The molecule has 1 aromatic rings. The molecule has 0 aromatic heterocycles. The van der Waals surface area contributed by atoms with Crippen molar-refractivity contribution in [2.24, 2.45) is 0 Å². The van der Waals surface area contributed by atoms with Crippen molar-refractivity contribution >= 4 is 10.4 Å². The maximum absolute atomic E-state index is 8.52. The minimum absolute atomic E-state index is 0. The summed E-state index contributed by atoms with van der Waals surface area (Å²) in [4.78, 5) is 0. The maximum atomic E-state index is 8.52. The van der Waals surface area contributed by atoms with E-state index in [9.17, 15) is 0 Å². The second-order valence-electron chi connectivity index (χ2n) is 3.98. The van der Waals surface area contributed by atoms with Crippen LogP contribution in [0.25, 0.3) is 0 Å². The minimum Gasteiger partial charge on any atom is -0.759 e. The van der Waals surface area contributed by atoms with E-state index in [1.807, 2.05) is 30.3 Å². The molecule has 0 bridgehead atoms. The van der Waals surface area contributed by atoms with Crippen molar-refractivity contribution < 1.29 is 81.4 Å². The van der Waals surface area contributed by atoms with E-state index < -0.39 is 10.4 Å². The molecule has 0 unspecified atom stereocenters. The number of benzene rings is 1. The molecule has 0 heterocycles. The van der Waals surface area contributed by atoms with Crippen molar-refractivity contribution in [3.05, 3.63) is 30.3 Å². The Labute approximate surface area is 172 Å². The van der Waals surface area contributed by atoms with E-state index in [0.29, 0.717) is 0 Å². The summed E-state index contributed by atoms with van der Waals surface area (Å²) < 4.78 is 39.7. The molecule has 0 aliphatic rings. The van der Waals surface area contributed by atoms with E-state index in [-0.39, 0.29) is 59.1 Å². The normalized spacial score (nSPS) is 9.48. The number of para-hydroxylation sites is 1. The average Bonchev–Trinajstić information content (AvgIpc) is 2.33. The first-order valence-corrected chi connectivity index (χ1v) is 7.61. The average molecular weight is 334 g/mol. The number of rotatable bonds is 7. The molecular weight excluding hydrogens is 314 g/mol. The van der Waals surface area contributed by atoms with Gasteiger partial charge in [-0.25, -0.2) is 0 Å². The molecule has 0 atom stereocenters. The van der Waals surface area contributed by atoms with Gasteiger partial charge in [-0.1, -0.05) is 50.8 Å². The van der Waals surface area contributed by atoms with Crippen LogP contribution in [0.5, 0.6) is 5.75 Å². The second-order valence-corrected chi connectivity index (χ2v) is 4.80. The van der Waals surface area contributed by atoms with E-state index in [4.69, 9.17) is 22.3 Å². The Morgan fingerprint density at radius 3 is 1.90 bits per heavy atom. The van der Waals surface area contributed by atoms with Crippen LogP contribution < -0.4 is 63.9 Å². The molecule has 0 aliphatic heterocycles. The zero-order valence-corrected chi connectivity index (χ0v) is 17.9. The van der Waals surface area contributed by atoms with Crippen LogP contribution in [-0.4, -0.2) is 24.1 Å². The third-order valence-electron chi connectivity index (χ3n) is 2.26. The fourth-order valence-corrected chi connectivity index (χ4v) is 1.41. The molecular formula is C13H20Na2O5S. The predicted molar refractivity (Wildman–Crippen MR) is 71.2 cm³/mol. The summed E-state index contributed by atoms with van der Waals surface area (Å²) in [6.45, 7) is 3.09. The van der Waals surface area contributed by atoms with Crippen molar-refractivity contribution in [2.45, 2.75) is 39.0 Å². The summed E-state index contributed by atoms with van der Waals surface area (Å²) in [5.41, 5.74) is 0. The molecule has 0 amide bonds. The van der Waals surface area contributed by atoms with Crippen LogP contribution in [0.1, 0.15) is 39.0 Å². The van der Waals surface area contributed by atoms with E-state index in [1.165, 1.54) is 32.1 Å². The van der Waals surface area contributed by atoms with Crippen LogP contribution in [0.4, 0.5) is 0 Å². The molecule has 0 saturated carbocycles. The predicted octanol–water partition coefficient (Wildman–Crippen LogP) is -3.29. The first-order chi connectivity index (χ1) is 8.93. The van der Waals surface area contributed by atoms with Crippen molar-refractivity contribution in [3.8, 4) is 5.75 Å². The molecule has 0 fully saturated rings. The van der Waals surface area contributed by atoms with E-state index in [0.717, 1.165) is 12.4 Å². The standard InChI is InChI=1S/C13H20O.2Na.H2O4S/c1-2-3-4-5-9-12-14-13-10-7-6-8-11-13;;;1-5(2,3)4/h6-8,10-11H,2-5,9,12H2,1H3;;;(H2,1,2,3,4)/q;2*+1;/p-2. The van der Waals surface area contributed by atoms with E-state index in [1.54, 1.807) is 0 Å². The van der Waals surface area contributed by atoms with Gasteiger partial charge in [-0.2, -0.15) is 0 Å². The fraction of sp³-hybridized carbons (Fsp3) is 0.538. The summed E-state index contributed by atoms with van der Waals surface area (Å²) in [6.07, 6.45) is 6.47. The van der Waals surface area contributed by atoms with Crippen LogP contribution in [-0.2, 0) is 10.4 Å². The van der Waals surface area contributed by atoms with Crippen LogP contribution in [0.2, 0.25) is 0 Å². The first kappa shape index (κ1) is 26.8. The first-order valence-electron chi connectivity index (χ1n) is 6.28. The Balaban J connectivity index is -0.000000405. The van der Waals surface area contributed by atoms with Crippen molar-refractivity contribution in [1.29, 1.82) is 0 Å². The third kappa shape index (κ3) is 26.1. The number of ether oxygens (including phenoxy) is 1. The summed E-state index contributed by atoms with van der Waals surface area (Å²) in [5, 5.41) is 0. The monoisotopic (exact) mass is 334 g/mol. The van der Waals surface area contributed by atoms with Crippen LogP contribution in [0, 0.1) is 0 Å². The number of hydrogen-bond donors (Lipinski definition) is 0. The molecule has 21 heavy (non-hydrogen) atoms. The van der Waals surface area contributed by atoms with Crippen LogP contribution >= 0.6 is 0 Å². The van der Waals surface area contributed by atoms with Crippen LogP contribution in [0.15, 0.2) is 30.3 Å². The van der Waals surface area contributed by atoms with Crippen molar-refractivity contribution in [1.82, 2.24) is 0 Å². The van der Waals surface area contributed by atoms with Gasteiger partial charge in [0, 0.05) is 10.4 Å². The Kier molecular flexibility index (Phi) is 22.0.